The largest absolute Gasteiger partial charge is 0.486 e. The fourth-order valence-corrected chi connectivity index (χ4v) is 3.00. The van der Waals surface area contributed by atoms with Gasteiger partial charge in [-0.3, -0.25) is 4.79 Å². The second-order valence-electron chi connectivity index (χ2n) is 4.86. The van der Waals surface area contributed by atoms with Gasteiger partial charge in [-0.1, -0.05) is 6.07 Å². The first-order valence-corrected chi connectivity index (χ1v) is 7.89. The van der Waals surface area contributed by atoms with Crippen molar-refractivity contribution >= 4 is 28.9 Å². The summed E-state index contributed by atoms with van der Waals surface area (Å²) in [5.74, 6) is 0.651. The molecule has 2 aromatic rings. The number of carbonyl (C=O) groups is 2. The molecule has 0 atom stereocenters. The molecule has 2 heterocycles. The Hall–Kier alpha value is -2.54. The molecule has 1 aliphatic rings. The molecule has 0 saturated heterocycles. The Bertz CT molecular complexity index is 740. The molecule has 0 aliphatic carbocycles. The molecule has 0 bridgehead atoms. The van der Waals surface area contributed by atoms with E-state index >= 15 is 0 Å². The number of hydrogen-bond acceptors (Lipinski definition) is 6. The molecule has 120 valence electrons. The van der Waals surface area contributed by atoms with Crippen molar-refractivity contribution in [2.45, 2.75) is 6.42 Å². The Morgan fingerprint density at radius 1 is 1.22 bits per heavy atom. The number of hydrogen-bond donors (Lipinski definition) is 1. The van der Waals surface area contributed by atoms with E-state index in [2.05, 4.69) is 10.1 Å². The van der Waals surface area contributed by atoms with Gasteiger partial charge in [-0.2, -0.15) is 0 Å². The van der Waals surface area contributed by atoms with Crippen molar-refractivity contribution < 1.29 is 23.8 Å². The van der Waals surface area contributed by atoms with Crippen molar-refractivity contribution in [1.82, 2.24) is 0 Å². The Morgan fingerprint density at radius 2 is 2.00 bits per heavy atom. The third-order valence-corrected chi connectivity index (χ3v) is 4.18. The van der Waals surface area contributed by atoms with Crippen LogP contribution in [0.5, 0.6) is 11.5 Å². The lowest BCUT2D eigenvalue weighted by Gasteiger charge is -2.18. The molecule has 1 aromatic carbocycles. The predicted octanol–water partition coefficient (Wildman–Crippen LogP) is 2.49. The van der Waals surface area contributed by atoms with Gasteiger partial charge in [0.25, 0.3) is 0 Å². The number of carbonyl (C=O) groups excluding carboxylic acids is 2. The van der Waals surface area contributed by atoms with E-state index in [1.54, 1.807) is 23.6 Å². The Kier molecular flexibility index (Phi) is 4.47. The molecule has 1 N–H and O–H groups in total. The molecular formula is C16H15NO5S. The first kappa shape index (κ1) is 15.4. The molecule has 3 rings (SSSR count). The zero-order valence-corrected chi connectivity index (χ0v) is 13.3. The minimum atomic E-state index is -0.463. The van der Waals surface area contributed by atoms with Crippen molar-refractivity contribution in [2.24, 2.45) is 0 Å². The van der Waals surface area contributed by atoms with E-state index in [-0.39, 0.29) is 12.3 Å². The molecule has 6 nitrogen and oxygen atoms in total. The van der Waals surface area contributed by atoms with Crippen LogP contribution in [-0.4, -0.2) is 32.2 Å². The zero-order chi connectivity index (χ0) is 16.2. The topological polar surface area (TPSA) is 73.9 Å². The van der Waals surface area contributed by atoms with Gasteiger partial charge in [-0.25, -0.2) is 4.79 Å². The number of fused-ring (bicyclic) bond motifs is 1. The van der Waals surface area contributed by atoms with Gasteiger partial charge in [0.2, 0.25) is 5.91 Å². The fraction of sp³-hybridized carbons (Fsp3) is 0.250. The average molecular weight is 333 g/mol. The Balaban J connectivity index is 1.68. The third kappa shape index (κ3) is 3.45. The van der Waals surface area contributed by atoms with E-state index in [0.29, 0.717) is 35.3 Å². The van der Waals surface area contributed by atoms with Gasteiger partial charge < -0.3 is 19.5 Å². The summed E-state index contributed by atoms with van der Waals surface area (Å²) >= 11 is 1.22. The van der Waals surface area contributed by atoms with E-state index in [9.17, 15) is 9.59 Å². The van der Waals surface area contributed by atoms with Crippen LogP contribution < -0.4 is 14.8 Å². The highest BCUT2D eigenvalue weighted by atomic mass is 32.1. The number of ether oxygens (including phenoxy) is 3. The number of benzene rings is 1. The second-order valence-corrected chi connectivity index (χ2v) is 5.77. The minimum absolute atomic E-state index is 0.174. The summed E-state index contributed by atoms with van der Waals surface area (Å²) in [6.07, 6.45) is 0.174. The molecule has 7 heteroatoms. The van der Waals surface area contributed by atoms with Gasteiger partial charge in [0.15, 0.2) is 11.5 Å². The van der Waals surface area contributed by atoms with Crippen LogP contribution in [0.2, 0.25) is 0 Å². The second kappa shape index (κ2) is 6.70. The van der Waals surface area contributed by atoms with Crippen LogP contribution in [0.15, 0.2) is 29.6 Å². The quantitative estimate of drug-likeness (QED) is 0.870. The highest BCUT2D eigenvalue weighted by Crippen LogP contribution is 2.31. The Labute approximate surface area is 137 Å². The summed E-state index contributed by atoms with van der Waals surface area (Å²) in [6, 6.07) is 7.09. The maximum atomic E-state index is 12.2. The number of rotatable bonds is 4. The maximum absolute atomic E-state index is 12.2. The molecule has 1 aliphatic heterocycles. The van der Waals surface area contributed by atoms with Crippen LogP contribution in [0.25, 0.3) is 0 Å². The zero-order valence-electron chi connectivity index (χ0n) is 12.5. The lowest BCUT2D eigenvalue weighted by atomic mass is 10.1. The van der Waals surface area contributed by atoms with Crippen LogP contribution in [0.4, 0.5) is 5.69 Å². The lowest BCUT2D eigenvalue weighted by Crippen LogP contribution is -2.17. The summed E-state index contributed by atoms with van der Waals surface area (Å²) < 4.78 is 15.6. The molecule has 0 saturated carbocycles. The smallest absolute Gasteiger partial charge is 0.350 e. The predicted molar refractivity (Wildman–Crippen MR) is 85.4 cm³/mol. The molecule has 0 fully saturated rings. The van der Waals surface area contributed by atoms with Crippen molar-refractivity contribution in [2.75, 3.05) is 25.6 Å². The number of methoxy groups -OCH3 is 1. The van der Waals surface area contributed by atoms with Gasteiger partial charge in [0.1, 0.15) is 18.1 Å². The summed E-state index contributed by atoms with van der Waals surface area (Å²) in [5, 5.41) is 4.46. The molecule has 0 radical (unpaired) electrons. The van der Waals surface area contributed by atoms with E-state index in [1.165, 1.54) is 18.4 Å². The third-order valence-electron chi connectivity index (χ3n) is 3.28. The normalized spacial score (nSPS) is 12.6. The van der Waals surface area contributed by atoms with Gasteiger partial charge in [0.05, 0.1) is 19.2 Å². The van der Waals surface area contributed by atoms with Crippen LogP contribution >= 0.6 is 11.3 Å². The summed E-state index contributed by atoms with van der Waals surface area (Å²) in [7, 11) is 1.31. The van der Waals surface area contributed by atoms with Gasteiger partial charge in [-0.05, 0) is 29.1 Å². The first-order chi connectivity index (χ1) is 11.2. The number of thiophene rings is 1. The average Bonchev–Trinajstić information content (AvgIpc) is 3.02. The van der Waals surface area contributed by atoms with Gasteiger partial charge >= 0.3 is 5.97 Å². The van der Waals surface area contributed by atoms with E-state index in [0.717, 1.165) is 5.56 Å². The van der Waals surface area contributed by atoms with E-state index in [1.807, 2.05) is 6.07 Å². The van der Waals surface area contributed by atoms with Gasteiger partial charge in [0, 0.05) is 0 Å². The number of anilines is 1. The van der Waals surface area contributed by atoms with Crippen molar-refractivity contribution in [3.63, 3.8) is 0 Å². The number of nitrogens with one attached hydrogen (secondary N) is 1. The van der Waals surface area contributed by atoms with Crippen molar-refractivity contribution in [3.8, 4) is 11.5 Å². The fourth-order valence-electron chi connectivity index (χ4n) is 2.24. The number of amides is 1. The molecule has 0 unspecified atom stereocenters. The maximum Gasteiger partial charge on any atom is 0.350 e. The SMILES string of the molecule is COC(=O)c1sccc1NC(=O)Cc1ccc2c(c1)OCCO2. The Morgan fingerprint density at radius 3 is 2.78 bits per heavy atom. The molecule has 23 heavy (non-hydrogen) atoms. The molecule has 1 amide bonds. The molecule has 1 aromatic heterocycles. The van der Waals surface area contributed by atoms with Gasteiger partial charge in [-0.15, -0.1) is 11.3 Å². The standard InChI is InChI=1S/C16H15NO5S/c1-20-16(19)15-11(4-7-23-15)17-14(18)9-10-2-3-12-13(8-10)22-6-5-21-12/h2-4,7-8H,5-6,9H2,1H3,(H,17,18). The van der Waals surface area contributed by atoms with Crippen molar-refractivity contribution in [3.05, 3.63) is 40.1 Å². The van der Waals surface area contributed by atoms with Crippen LogP contribution in [0.3, 0.4) is 0 Å². The monoisotopic (exact) mass is 333 g/mol. The summed E-state index contributed by atoms with van der Waals surface area (Å²) in [4.78, 5) is 24.2. The molecule has 0 spiro atoms. The highest BCUT2D eigenvalue weighted by molar-refractivity contribution is 7.12. The minimum Gasteiger partial charge on any atom is -0.486 e. The summed E-state index contributed by atoms with van der Waals surface area (Å²) in [5.41, 5.74) is 1.27. The first-order valence-electron chi connectivity index (χ1n) is 7.01. The van der Waals surface area contributed by atoms with Crippen LogP contribution in [-0.2, 0) is 16.0 Å². The number of esters is 1. The highest BCUT2D eigenvalue weighted by Gasteiger charge is 2.17. The molecular weight excluding hydrogens is 318 g/mol. The lowest BCUT2D eigenvalue weighted by molar-refractivity contribution is -0.115. The summed E-state index contributed by atoms with van der Waals surface area (Å²) in [6.45, 7) is 1.03. The van der Waals surface area contributed by atoms with E-state index < -0.39 is 5.97 Å². The van der Waals surface area contributed by atoms with Crippen LogP contribution in [0, 0.1) is 0 Å². The van der Waals surface area contributed by atoms with Crippen LogP contribution in [0.1, 0.15) is 15.2 Å². The van der Waals surface area contributed by atoms with E-state index in [4.69, 9.17) is 9.47 Å². The van der Waals surface area contributed by atoms with Crippen molar-refractivity contribution in [1.29, 1.82) is 0 Å².